The van der Waals surface area contributed by atoms with Gasteiger partial charge in [-0.1, -0.05) is 6.92 Å². The first-order valence-corrected chi connectivity index (χ1v) is 8.94. The lowest BCUT2D eigenvalue weighted by atomic mass is 9.99. The Kier molecular flexibility index (Phi) is 12.2. The highest BCUT2D eigenvalue weighted by Gasteiger charge is 2.16. The van der Waals surface area contributed by atoms with E-state index < -0.39 is 11.7 Å². The summed E-state index contributed by atoms with van der Waals surface area (Å²) in [6.07, 6.45) is 2.19. The van der Waals surface area contributed by atoms with Crippen molar-refractivity contribution >= 4 is 36.0 Å². The van der Waals surface area contributed by atoms with Crippen molar-refractivity contribution < 1.29 is 9.53 Å². The molecule has 0 spiro atoms. The topological polar surface area (TPSA) is 78.0 Å². The summed E-state index contributed by atoms with van der Waals surface area (Å²) < 4.78 is 5.18. The smallest absolute Gasteiger partial charge is 0.407 e. The van der Waals surface area contributed by atoms with Gasteiger partial charge in [-0.05, 0) is 52.6 Å². The normalized spacial score (nSPS) is 16.8. The van der Waals surface area contributed by atoms with Gasteiger partial charge < -0.3 is 25.6 Å². The molecule has 8 heteroatoms. The molecular formula is C17H36IN5O2. The van der Waals surface area contributed by atoms with E-state index in [1.807, 2.05) is 20.8 Å². The summed E-state index contributed by atoms with van der Waals surface area (Å²) >= 11 is 0. The highest BCUT2D eigenvalue weighted by Crippen LogP contribution is 2.14. The third-order valence-corrected chi connectivity index (χ3v) is 3.91. The Labute approximate surface area is 169 Å². The fraction of sp³-hybridized carbons (Fsp3) is 0.882. The molecule has 3 N–H and O–H groups in total. The molecule has 0 aromatic carbocycles. The third kappa shape index (κ3) is 12.3. The van der Waals surface area contributed by atoms with Crippen LogP contribution in [0.25, 0.3) is 0 Å². The Balaban J connectivity index is 0.00000576. The van der Waals surface area contributed by atoms with Gasteiger partial charge in [-0.25, -0.2) is 4.79 Å². The van der Waals surface area contributed by atoms with Crippen LogP contribution in [0.5, 0.6) is 0 Å². The molecule has 1 heterocycles. The van der Waals surface area contributed by atoms with Crippen molar-refractivity contribution in [2.24, 2.45) is 10.9 Å². The van der Waals surface area contributed by atoms with Crippen LogP contribution in [0.1, 0.15) is 40.5 Å². The number of halogens is 1. The summed E-state index contributed by atoms with van der Waals surface area (Å²) in [5, 5.41) is 9.21. The Hall–Kier alpha value is -0.770. The molecule has 0 aromatic heterocycles. The number of guanidine groups is 1. The van der Waals surface area contributed by atoms with Crippen molar-refractivity contribution in [2.45, 2.75) is 46.1 Å². The molecule has 0 aliphatic carbocycles. The van der Waals surface area contributed by atoms with Crippen molar-refractivity contribution in [3.8, 4) is 0 Å². The van der Waals surface area contributed by atoms with E-state index in [0.29, 0.717) is 13.1 Å². The van der Waals surface area contributed by atoms with Crippen molar-refractivity contribution in [3.63, 3.8) is 0 Å². The molecule has 1 aliphatic heterocycles. The Morgan fingerprint density at radius 2 is 1.68 bits per heavy atom. The van der Waals surface area contributed by atoms with Crippen LogP contribution >= 0.6 is 24.0 Å². The number of aliphatic imine (C=N–C) groups is 1. The van der Waals surface area contributed by atoms with E-state index >= 15 is 0 Å². The molecule has 0 unspecified atom stereocenters. The molecule has 1 fully saturated rings. The van der Waals surface area contributed by atoms with Gasteiger partial charge in [0.15, 0.2) is 5.96 Å². The summed E-state index contributed by atoms with van der Waals surface area (Å²) in [5.74, 6) is 1.62. The van der Waals surface area contributed by atoms with Gasteiger partial charge in [0.25, 0.3) is 0 Å². The van der Waals surface area contributed by atoms with Gasteiger partial charge in [0, 0.05) is 33.2 Å². The van der Waals surface area contributed by atoms with Gasteiger partial charge in [-0.3, -0.25) is 4.99 Å². The third-order valence-electron chi connectivity index (χ3n) is 3.91. The fourth-order valence-electron chi connectivity index (χ4n) is 2.50. The molecule has 0 aromatic rings. The quantitative estimate of drug-likeness (QED) is 0.240. The first kappa shape index (κ1) is 24.2. The molecule has 0 bridgehead atoms. The van der Waals surface area contributed by atoms with Gasteiger partial charge >= 0.3 is 6.09 Å². The monoisotopic (exact) mass is 469 g/mol. The van der Waals surface area contributed by atoms with Crippen LogP contribution in [0.4, 0.5) is 4.79 Å². The highest BCUT2D eigenvalue weighted by molar-refractivity contribution is 14.0. The second kappa shape index (κ2) is 12.6. The van der Waals surface area contributed by atoms with Gasteiger partial charge in [0.05, 0.1) is 0 Å². The fourth-order valence-corrected chi connectivity index (χ4v) is 2.50. The molecule has 1 aliphatic rings. The predicted molar refractivity (Wildman–Crippen MR) is 114 cm³/mol. The second-order valence-electron chi connectivity index (χ2n) is 7.38. The van der Waals surface area contributed by atoms with Crippen LogP contribution in [0.15, 0.2) is 4.99 Å². The summed E-state index contributed by atoms with van der Waals surface area (Å²) in [5.41, 5.74) is -0.471. The van der Waals surface area contributed by atoms with E-state index in [9.17, 15) is 4.79 Å². The summed E-state index contributed by atoms with van der Waals surface area (Å²) in [7, 11) is 1.75. The molecule has 0 saturated carbocycles. The van der Waals surface area contributed by atoms with Gasteiger partial charge in [-0.15, -0.1) is 24.0 Å². The van der Waals surface area contributed by atoms with Crippen molar-refractivity contribution in [2.75, 3.05) is 46.3 Å². The number of rotatable bonds is 6. The van der Waals surface area contributed by atoms with E-state index in [1.54, 1.807) is 7.05 Å². The van der Waals surface area contributed by atoms with Crippen molar-refractivity contribution in [1.29, 1.82) is 0 Å². The Bertz CT molecular complexity index is 404. The Morgan fingerprint density at radius 1 is 1.12 bits per heavy atom. The maximum absolute atomic E-state index is 11.5. The standard InChI is InChI=1S/C17H35N5O2.HI/c1-14-6-11-22(12-7-14)13-10-20-15(18-5)19-8-9-21-16(23)24-17(2,3)4;/h14H,6-13H2,1-5H3,(H,21,23)(H2,18,19,20);1H. The van der Waals surface area contributed by atoms with Gasteiger partial charge in [-0.2, -0.15) is 0 Å². The van der Waals surface area contributed by atoms with Crippen LogP contribution in [0.3, 0.4) is 0 Å². The number of carbonyl (C=O) groups is 1. The minimum Gasteiger partial charge on any atom is -0.444 e. The zero-order valence-corrected chi connectivity index (χ0v) is 18.7. The molecule has 148 valence electrons. The van der Waals surface area contributed by atoms with Crippen LogP contribution < -0.4 is 16.0 Å². The van der Waals surface area contributed by atoms with E-state index in [0.717, 1.165) is 25.0 Å². The van der Waals surface area contributed by atoms with Gasteiger partial charge in [0.2, 0.25) is 0 Å². The number of hydrogen-bond acceptors (Lipinski definition) is 4. The first-order chi connectivity index (χ1) is 11.3. The number of ether oxygens (including phenoxy) is 1. The number of hydrogen-bond donors (Lipinski definition) is 3. The molecule has 0 radical (unpaired) electrons. The van der Waals surface area contributed by atoms with Gasteiger partial charge in [0.1, 0.15) is 5.60 Å². The van der Waals surface area contributed by atoms with Crippen LogP contribution in [0.2, 0.25) is 0 Å². The number of carbonyl (C=O) groups excluding carboxylic acids is 1. The lowest BCUT2D eigenvalue weighted by molar-refractivity contribution is 0.0529. The lowest BCUT2D eigenvalue weighted by Gasteiger charge is -2.30. The molecule has 25 heavy (non-hydrogen) atoms. The maximum Gasteiger partial charge on any atom is 0.407 e. The summed E-state index contributed by atoms with van der Waals surface area (Å²) in [6, 6.07) is 0. The highest BCUT2D eigenvalue weighted by atomic mass is 127. The zero-order valence-electron chi connectivity index (χ0n) is 16.4. The number of alkyl carbamates (subject to hydrolysis) is 1. The average Bonchev–Trinajstić information content (AvgIpc) is 2.49. The number of piperidine rings is 1. The summed E-state index contributed by atoms with van der Waals surface area (Å²) in [6.45, 7) is 13.2. The summed E-state index contributed by atoms with van der Waals surface area (Å²) in [4.78, 5) is 18.2. The Morgan fingerprint density at radius 3 is 2.24 bits per heavy atom. The molecule has 1 rings (SSSR count). The minimum atomic E-state index is -0.471. The molecule has 0 atom stereocenters. The maximum atomic E-state index is 11.5. The number of nitrogens with zero attached hydrogens (tertiary/aromatic N) is 2. The zero-order chi connectivity index (χ0) is 18.0. The van der Waals surface area contributed by atoms with Crippen molar-refractivity contribution in [1.82, 2.24) is 20.9 Å². The van der Waals surface area contributed by atoms with E-state index in [2.05, 4.69) is 32.8 Å². The van der Waals surface area contributed by atoms with E-state index in [1.165, 1.54) is 25.9 Å². The molecule has 1 saturated heterocycles. The van der Waals surface area contributed by atoms with Crippen molar-refractivity contribution in [3.05, 3.63) is 0 Å². The van der Waals surface area contributed by atoms with E-state index in [-0.39, 0.29) is 24.0 Å². The number of nitrogens with one attached hydrogen (secondary N) is 3. The number of amides is 1. The number of likely N-dealkylation sites (tertiary alicyclic amines) is 1. The largest absolute Gasteiger partial charge is 0.444 e. The minimum absolute atomic E-state index is 0. The van der Waals surface area contributed by atoms with Crippen LogP contribution in [-0.2, 0) is 4.74 Å². The lowest BCUT2D eigenvalue weighted by Crippen LogP contribution is -2.45. The van der Waals surface area contributed by atoms with E-state index in [4.69, 9.17) is 4.74 Å². The average molecular weight is 469 g/mol. The molecule has 7 nitrogen and oxygen atoms in total. The first-order valence-electron chi connectivity index (χ1n) is 8.94. The van der Waals surface area contributed by atoms with Crippen LogP contribution in [-0.4, -0.2) is 68.9 Å². The molecular weight excluding hydrogens is 433 g/mol. The predicted octanol–water partition coefficient (Wildman–Crippen LogP) is 2.03. The SMILES string of the molecule is CN=C(NCCNC(=O)OC(C)(C)C)NCCN1CCC(C)CC1.I. The van der Waals surface area contributed by atoms with Crippen LogP contribution in [0, 0.1) is 5.92 Å². The second-order valence-corrected chi connectivity index (χ2v) is 7.38. The molecule has 1 amide bonds.